The number of carbonyl (C=O) groups is 3. The SMILES string of the molecule is CCCCCCN(C)CC(Cc1c[nH]c2ccccc12)NC(=O)C(CCCN(C(=N)N)[N+](=O)[O-])NC(=O)C(Cc1ccccc1)NC(=O)OC(C)(C)C. The summed E-state index contributed by atoms with van der Waals surface area (Å²) in [6.45, 7) is 8.43. The van der Waals surface area contributed by atoms with Crippen molar-refractivity contribution < 1.29 is 24.2 Å². The Hall–Kier alpha value is -5.18. The van der Waals surface area contributed by atoms with E-state index in [4.69, 9.17) is 15.9 Å². The second-order valence-corrected chi connectivity index (χ2v) is 14.4. The molecule has 3 unspecified atom stereocenters. The molecule has 0 radical (unpaired) electrons. The third kappa shape index (κ3) is 14.8. The fourth-order valence-corrected chi connectivity index (χ4v) is 6.09. The average molecular weight is 736 g/mol. The summed E-state index contributed by atoms with van der Waals surface area (Å²) in [5.41, 5.74) is 7.39. The lowest BCUT2D eigenvalue weighted by atomic mass is 10.0. The molecular weight excluding hydrogens is 678 g/mol. The predicted molar refractivity (Wildman–Crippen MR) is 206 cm³/mol. The van der Waals surface area contributed by atoms with Crippen molar-refractivity contribution >= 4 is 34.8 Å². The standard InChI is InChI=1S/C38H57N9O6/c1-6-7-8-14-21-45(5)26-29(24-28-25-41-31-19-13-12-18-30(28)31)42-34(48)32(20-15-22-46(36(39)40)47(51)52)43-35(49)33(23-27-16-10-9-11-17-27)44-37(50)53-38(2,3)4/h9-13,16-19,25,29,32-33,41H,6-8,14-15,20-24,26H2,1-5H3,(H3,39,40)(H,42,48)(H,43,49)(H,44,50). The zero-order valence-electron chi connectivity index (χ0n) is 31.7. The van der Waals surface area contributed by atoms with Crippen LogP contribution in [-0.2, 0) is 27.2 Å². The minimum absolute atomic E-state index is 0.00759. The maximum atomic E-state index is 14.2. The first-order chi connectivity index (χ1) is 25.2. The van der Waals surface area contributed by atoms with Crippen LogP contribution in [0.15, 0.2) is 60.8 Å². The monoisotopic (exact) mass is 735 g/mol. The summed E-state index contributed by atoms with van der Waals surface area (Å²) in [5, 5.41) is 28.5. The maximum Gasteiger partial charge on any atom is 0.408 e. The number of guanidine groups is 1. The zero-order valence-corrected chi connectivity index (χ0v) is 31.7. The van der Waals surface area contributed by atoms with Crippen LogP contribution in [0.1, 0.15) is 77.3 Å². The Morgan fingerprint density at radius 2 is 1.60 bits per heavy atom. The van der Waals surface area contributed by atoms with Crippen LogP contribution in [0.5, 0.6) is 0 Å². The number of nitrogens with zero attached hydrogens (tertiary/aromatic N) is 3. The molecule has 290 valence electrons. The van der Waals surface area contributed by atoms with Gasteiger partial charge in [-0.2, -0.15) is 0 Å². The number of nitrogens with one attached hydrogen (secondary N) is 5. The van der Waals surface area contributed by atoms with Gasteiger partial charge >= 0.3 is 6.09 Å². The van der Waals surface area contributed by atoms with Crippen molar-refractivity contribution in [1.29, 1.82) is 5.41 Å². The van der Waals surface area contributed by atoms with Gasteiger partial charge in [0.25, 0.3) is 5.96 Å². The fraction of sp³-hybridized carbons (Fsp3) is 0.526. The lowest BCUT2D eigenvalue weighted by Crippen LogP contribution is -2.57. The van der Waals surface area contributed by atoms with Crippen molar-refractivity contribution in [1.82, 2.24) is 30.8 Å². The number of benzene rings is 2. The van der Waals surface area contributed by atoms with E-state index in [1.54, 1.807) is 20.8 Å². The number of likely N-dealkylation sites (N-methyl/N-ethyl adjacent to an activating group) is 1. The van der Waals surface area contributed by atoms with E-state index in [0.29, 0.717) is 18.0 Å². The van der Waals surface area contributed by atoms with Gasteiger partial charge in [0.1, 0.15) is 17.7 Å². The van der Waals surface area contributed by atoms with Crippen LogP contribution in [0.3, 0.4) is 0 Å². The van der Waals surface area contributed by atoms with E-state index in [2.05, 4.69) is 32.8 Å². The molecule has 15 heteroatoms. The normalized spacial score (nSPS) is 13.2. The second-order valence-electron chi connectivity index (χ2n) is 14.4. The minimum Gasteiger partial charge on any atom is -0.444 e. The summed E-state index contributed by atoms with van der Waals surface area (Å²) in [6, 6.07) is 14.5. The first-order valence-corrected chi connectivity index (χ1v) is 18.3. The third-order valence-corrected chi connectivity index (χ3v) is 8.67. The molecule has 15 nitrogen and oxygen atoms in total. The largest absolute Gasteiger partial charge is 0.444 e. The Kier molecular flexibility index (Phi) is 16.5. The number of unbranched alkanes of at least 4 members (excludes halogenated alkanes) is 3. The number of fused-ring (bicyclic) bond motifs is 1. The summed E-state index contributed by atoms with van der Waals surface area (Å²) in [4.78, 5) is 58.0. The van der Waals surface area contributed by atoms with Gasteiger partial charge in [-0.25, -0.2) is 14.9 Å². The molecule has 1 aromatic heterocycles. The lowest BCUT2D eigenvalue weighted by molar-refractivity contribution is -0.629. The topological polar surface area (TPSA) is 212 Å². The van der Waals surface area contributed by atoms with Crippen LogP contribution in [0.2, 0.25) is 0 Å². The molecule has 0 aliphatic carbocycles. The molecule has 1 heterocycles. The molecule has 0 aliphatic rings. The minimum atomic E-state index is -1.14. The molecule has 53 heavy (non-hydrogen) atoms. The van der Waals surface area contributed by atoms with Gasteiger partial charge in [-0.3, -0.25) is 15.0 Å². The van der Waals surface area contributed by atoms with Crippen molar-refractivity contribution in [3.8, 4) is 0 Å². The van der Waals surface area contributed by atoms with Gasteiger partial charge in [0, 0.05) is 36.1 Å². The molecule has 3 amide bonds. The number of nitro groups is 1. The van der Waals surface area contributed by atoms with Crippen molar-refractivity contribution in [3.63, 3.8) is 0 Å². The second kappa shape index (κ2) is 20.8. The number of hydrogen-bond acceptors (Lipinski definition) is 8. The molecule has 0 aliphatic heterocycles. The number of aromatic nitrogens is 1. The van der Waals surface area contributed by atoms with Gasteiger partial charge in [0.15, 0.2) is 5.03 Å². The van der Waals surface area contributed by atoms with Crippen LogP contribution in [0.25, 0.3) is 10.9 Å². The number of alkyl carbamates (subject to hydrolysis) is 1. The third-order valence-electron chi connectivity index (χ3n) is 8.67. The Morgan fingerprint density at radius 1 is 0.925 bits per heavy atom. The van der Waals surface area contributed by atoms with Gasteiger partial charge in [-0.15, -0.1) is 0 Å². The molecule has 2 aromatic carbocycles. The van der Waals surface area contributed by atoms with Crippen LogP contribution >= 0.6 is 0 Å². The van der Waals surface area contributed by atoms with E-state index in [-0.39, 0.29) is 31.8 Å². The highest BCUT2D eigenvalue weighted by atomic mass is 16.7. The number of para-hydroxylation sites is 1. The first-order valence-electron chi connectivity index (χ1n) is 18.3. The van der Waals surface area contributed by atoms with Gasteiger partial charge in [-0.1, -0.05) is 79.7 Å². The number of rotatable bonds is 21. The highest BCUT2D eigenvalue weighted by Gasteiger charge is 2.31. The van der Waals surface area contributed by atoms with Crippen LogP contribution in [0.4, 0.5) is 4.79 Å². The Balaban J connectivity index is 1.89. The number of carbonyl (C=O) groups excluding carboxylic acids is 3. The summed E-state index contributed by atoms with van der Waals surface area (Å²) < 4.78 is 5.44. The smallest absolute Gasteiger partial charge is 0.408 e. The van der Waals surface area contributed by atoms with Gasteiger partial charge in [0.2, 0.25) is 11.8 Å². The molecule has 0 bridgehead atoms. The maximum absolute atomic E-state index is 14.2. The van der Waals surface area contributed by atoms with E-state index in [1.807, 2.05) is 67.8 Å². The predicted octanol–water partition coefficient (Wildman–Crippen LogP) is 4.50. The number of amides is 3. The fourth-order valence-electron chi connectivity index (χ4n) is 6.09. The molecule has 0 saturated heterocycles. The van der Waals surface area contributed by atoms with Crippen molar-refractivity contribution in [2.24, 2.45) is 5.73 Å². The molecule has 3 rings (SSSR count). The van der Waals surface area contributed by atoms with Crippen LogP contribution < -0.4 is 21.7 Å². The molecule has 3 atom stereocenters. The summed E-state index contributed by atoms with van der Waals surface area (Å²) >= 11 is 0. The van der Waals surface area contributed by atoms with E-state index in [1.165, 1.54) is 0 Å². The van der Waals surface area contributed by atoms with Crippen molar-refractivity contribution in [3.05, 3.63) is 82.0 Å². The van der Waals surface area contributed by atoms with E-state index in [9.17, 15) is 24.5 Å². The quantitative estimate of drug-likeness (QED) is 0.0299. The Bertz CT molecular complexity index is 1630. The molecule has 0 spiro atoms. The van der Waals surface area contributed by atoms with Gasteiger partial charge in [0.05, 0.1) is 6.54 Å². The molecular formula is C38H57N9O6. The number of H-pyrrole nitrogens is 1. The van der Waals surface area contributed by atoms with Crippen LogP contribution in [0, 0.1) is 15.5 Å². The lowest BCUT2D eigenvalue weighted by Gasteiger charge is -2.29. The molecule has 0 fully saturated rings. The number of hydrogen-bond donors (Lipinski definition) is 6. The molecule has 0 saturated carbocycles. The molecule has 3 aromatic rings. The van der Waals surface area contributed by atoms with Gasteiger partial charge < -0.3 is 36.3 Å². The number of ether oxygens (including phenoxy) is 1. The number of hydrazine groups is 1. The van der Waals surface area contributed by atoms with Gasteiger partial charge in [-0.05, 0) is 77.2 Å². The van der Waals surface area contributed by atoms with E-state index in [0.717, 1.165) is 54.3 Å². The Labute approximate surface area is 312 Å². The Morgan fingerprint density at radius 3 is 2.26 bits per heavy atom. The number of aromatic amines is 1. The summed E-state index contributed by atoms with van der Waals surface area (Å²) in [6.07, 6.45) is 6.21. The van der Waals surface area contributed by atoms with Crippen LogP contribution in [-0.4, -0.2) is 94.2 Å². The van der Waals surface area contributed by atoms with Crippen molar-refractivity contribution in [2.75, 3.05) is 26.7 Å². The van der Waals surface area contributed by atoms with E-state index >= 15 is 0 Å². The highest BCUT2D eigenvalue weighted by molar-refractivity contribution is 5.91. The zero-order chi connectivity index (χ0) is 39.0. The number of nitrogens with two attached hydrogens (primary N) is 1. The summed E-state index contributed by atoms with van der Waals surface area (Å²) in [7, 11) is 2.02. The molecule has 7 N–H and O–H groups in total. The highest BCUT2D eigenvalue weighted by Crippen LogP contribution is 2.20. The summed E-state index contributed by atoms with van der Waals surface area (Å²) in [5.74, 6) is -1.85. The first kappa shape index (κ1) is 42.2. The average Bonchev–Trinajstić information content (AvgIpc) is 3.49. The van der Waals surface area contributed by atoms with E-state index < -0.39 is 46.6 Å². The van der Waals surface area contributed by atoms with Crippen molar-refractivity contribution in [2.45, 2.75) is 103 Å².